The second-order valence-electron chi connectivity index (χ2n) is 5.03. The second kappa shape index (κ2) is 6.97. The molecule has 0 bridgehead atoms. The summed E-state index contributed by atoms with van der Waals surface area (Å²) in [5.41, 5.74) is 0.822. The highest BCUT2D eigenvalue weighted by Crippen LogP contribution is 2.35. The molecule has 24 heavy (non-hydrogen) atoms. The van der Waals surface area contributed by atoms with Gasteiger partial charge in [0.15, 0.2) is 0 Å². The van der Waals surface area contributed by atoms with Crippen LogP contribution in [0.1, 0.15) is 11.1 Å². The molecule has 1 fully saturated rings. The number of hydrogen-bond donors (Lipinski definition) is 0. The molecule has 122 valence electrons. The number of rotatable bonds is 3. The van der Waals surface area contributed by atoms with Crippen molar-refractivity contribution in [2.75, 3.05) is 0 Å². The quantitative estimate of drug-likeness (QED) is 0.670. The van der Waals surface area contributed by atoms with Crippen molar-refractivity contribution in [1.82, 2.24) is 4.90 Å². The molecule has 0 spiro atoms. The molecule has 1 aliphatic rings. The van der Waals surface area contributed by atoms with Crippen LogP contribution in [0.5, 0.6) is 0 Å². The predicted molar refractivity (Wildman–Crippen MR) is 94.4 cm³/mol. The zero-order valence-corrected chi connectivity index (χ0v) is 14.5. The molecule has 2 aromatic rings. The summed E-state index contributed by atoms with van der Waals surface area (Å²) in [6.45, 7) is 0.105. The molecule has 7 heteroatoms. The molecule has 1 heterocycles. The summed E-state index contributed by atoms with van der Waals surface area (Å²) in [7, 11) is 0. The summed E-state index contributed by atoms with van der Waals surface area (Å²) in [6, 6.07) is 11.1. The Labute approximate surface area is 152 Å². The van der Waals surface area contributed by atoms with Gasteiger partial charge in [0, 0.05) is 10.6 Å². The summed E-state index contributed by atoms with van der Waals surface area (Å²) in [5.74, 6) is -1.03. The molecule has 2 aromatic carbocycles. The van der Waals surface area contributed by atoms with E-state index in [2.05, 4.69) is 0 Å². The van der Waals surface area contributed by atoms with Crippen molar-refractivity contribution in [3.8, 4) is 0 Å². The van der Waals surface area contributed by atoms with Gasteiger partial charge in [-0.1, -0.05) is 41.4 Å². The number of benzene rings is 2. The van der Waals surface area contributed by atoms with E-state index < -0.39 is 17.0 Å². The number of nitrogens with zero attached hydrogens (tertiary/aromatic N) is 1. The third kappa shape index (κ3) is 3.48. The van der Waals surface area contributed by atoms with Crippen LogP contribution in [0.3, 0.4) is 0 Å². The summed E-state index contributed by atoms with van der Waals surface area (Å²) in [4.78, 5) is 25.8. The van der Waals surface area contributed by atoms with E-state index in [1.54, 1.807) is 24.3 Å². The van der Waals surface area contributed by atoms with Gasteiger partial charge in [0.25, 0.3) is 11.1 Å². The predicted octanol–water partition coefficient (Wildman–Crippen LogP) is 5.37. The lowest BCUT2D eigenvalue weighted by Crippen LogP contribution is -2.27. The second-order valence-corrected chi connectivity index (χ2v) is 6.87. The highest BCUT2D eigenvalue weighted by Gasteiger charge is 2.35. The minimum Gasteiger partial charge on any atom is -0.268 e. The lowest BCUT2D eigenvalue weighted by atomic mass is 10.2. The first-order valence-corrected chi connectivity index (χ1v) is 8.47. The van der Waals surface area contributed by atoms with Crippen LogP contribution in [-0.2, 0) is 11.3 Å². The molecular weight excluding hydrogens is 372 g/mol. The Bertz CT molecular complexity index is 849. The number of thioether (sulfide) groups is 1. The van der Waals surface area contributed by atoms with E-state index in [4.69, 9.17) is 23.2 Å². The SMILES string of the molecule is O=C1S/C(=C\c2c(F)cccc2Cl)C(=O)N1Cc1cccc(Cl)c1. The lowest BCUT2D eigenvalue weighted by Gasteiger charge is -2.12. The zero-order valence-electron chi connectivity index (χ0n) is 12.1. The number of hydrogen-bond acceptors (Lipinski definition) is 3. The van der Waals surface area contributed by atoms with Gasteiger partial charge in [-0.25, -0.2) is 4.39 Å². The molecule has 1 aliphatic heterocycles. The van der Waals surface area contributed by atoms with Gasteiger partial charge in [-0.2, -0.15) is 0 Å². The van der Waals surface area contributed by atoms with E-state index in [9.17, 15) is 14.0 Å². The van der Waals surface area contributed by atoms with Gasteiger partial charge in [-0.3, -0.25) is 14.5 Å². The van der Waals surface area contributed by atoms with Crippen LogP contribution in [0, 0.1) is 5.82 Å². The molecule has 0 aliphatic carbocycles. The smallest absolute Gasteiger partial charge is 0.268 e. The van der Waals surface area contributed by atoms with Crippen LogP contribution in [0.4, 0.5) is 9.18 Å². The topological polar surface area (TPSA) is 37.4 Å². The van der Waals surface area contributed by atoms with E-state index >= 15 is 0 Å². The summed E-state index contributed by atoms with van der Waals surface area (Å²) < 4.78 is 13.9. The average Bonchev–Trinajstić information content (AvgIpc) is 2.79. The maximum absolute atomic E-state index is 13.9. The Morgan fingerprint density at radius 2 is 1.88 bits per heavy atom. The van der Waals surface area contributed by atoms with Crippen LogP contribution in [0.2, 0.25) is 10.0 Å². The van der Waals surface area contributed by atoms with Crippen LogP contribution >= 0.6 is 35.0 Å². The summed E-state index contributed by atoms with van der Waals surface area (Å²) >= 11 is 12.6. The van der Waals surface area contributed by atoms with Crippen molar-refractivity contribution >= 4 is 52.2 Å². The Hall–Kier alpha value is -1.82. The van der Waals surface area contributed by atoms with Gasteiger partial charge < -0.3 is 0 Å². The Balaban J connectivity index is 1.88. The number of halogens is 3. The van der Waals surface area contributed by atoms with Crippen LogP contribution in [-0.4, -0.2) is 16.0 Å². The molecule has 0 radical (unpaired) electrons. The third-order valence-corrected chi connectivity index (χ3v) is 4.85. The fourth-order valence-corrected chi connectivity index (χ4v) is 3.48. The van der Waals surface area contributed by atoms with E-state index in [-0.39, 0.29) is 22.0 Å². The maximum atomic E-state index is 13.9. The van der Waals surface area contributed by atoms with Gasteiger partial charge in [0.1, 0.15) is 5.82 Å². The van der Waals surface area contributed by atoms with Crippen molar-refractivity contribution in [3.05, 3.63) is 74.4 Å². The highest BCUT2D eigenvalue weighted by molar-refractivity contribution is 8.18. The molecule has 0 saturated carbocycles. The molecule has 2 amide bonds. The monoisotopic (exact) mass is 381 g/mol. The fraction of sp³-hybridized carbons (Fsp3) is 0.0588. The number of imide groups is 1. The van der Waals surface area contributed by atoms with Gasteiger partial charge in [-0.15, -0.1) is 0 Å². The average molecular weight is 382 g/mol. The highest BCUT2D eigenvalue weighted by atomic mass is 35.5. The largest absolute Gasteiger partial charge is 0.293 e. The maximum Gasteiger partial charge on any atom is 0.293 e. The minimum absolute atomic E-state index is 0.0902. The summed E-state index contributed by atoms with van der Waals surface area (Å²) in [6.07, 6.45) is 1.31. The van der Waals surface area contributed by atoms with Crippen molar-refractivity contribution in [1.29, 1.82) is 0 Å². The van der Waals surface area contributed by atoms with E-state index in [1.165, 1.54) is 24.3 Å². The molecular formula is C17H10Cl2FNO2S. The van der Waals surface area contributed by atoms with Crippen LogP contribution in [0.15, 0.2) is 47.4 Å². The molecule has 0 N–H and O–H groups in total. The number of carbonyl (C=O) groups excluding carboxylic acids is 2. The first-order valence-electron chi connectivity index (χ1n) is 6.89. The van der Waals surface area contributed by atoms with Crippen molar-refractivity contribution in [3.63, 3.8) is 0 Å². The molecule has 0 atom stereocenters. The molecule has 1 saturated heterocycles. The molecule has 3 nitrogen and oxygen atoms in total. The Morgan fingerprint density at radius 3 is 2.58 bits per heavy atom. The zero-order chi connectivity index (χ0) is 17.3. The van der Waals surface area contributed by atoms with E-state index in [0.29, 0.717) is 5.02 Å². The van der Waals surface area contributed by atoms with E-state index in [1.807, 2.05) is 0 Å². The molecule has 0 unspecified atom stereocenters. The normalized spacial score (nSPS) is 16.3. The van der Waals surface area contributed by atoms with Crippen molar-refractivity contribution < 1.29 is 14.0 Å². The Morgan fingerprint density at radius 1 is 1.12 bits per heavy atom. The van der Waals surface area contributed by atoms with Gasteiger partial charge in [-0.05, 0) is 47.7 Å². The third-order valence-electron chi connectivity index (χ3n) is 3.38. The molecule has 3 rings (SSSR count). The van der Waals surface area contributed by atoms with Crippen LogP contribution in [0.25, 0.3) is 6.08 Å². The standard InChI is InChI=1S/C17H10Cl2FNO2S/c18-11-4-1-3-10(7-11)9-21-16(22)15(24-17(21)23)8-12-13(19)5-2-6-14(12)20/h1-8H,9H2/b15-8-. The first-order chi connectivity index (χ1) is 11.5. The lowest BCUT2D eigenvalue weighted by molar-refractivity contribution is -0.123. The number of carbonyl (C=O) groups is 2. The van der Waals surface area contributed by atoms with Crippen molar-refractivity contribution in [2.24, 2.45) is 0 Å². The summed E-state index contributed by atoms with van der Waals surface area (Å²) in [5, 5.41) is 0.281. The van der Waals surface area contributed by atoms with Gasteiger partial charge in [0.05, 0.1) is 16.5 Å². The fourth-order valence-electron chi connectivity index (χ4n) is 2.23. The minimum atomic E-state index is -0.552. The van der Waals surface area contributed by atoms with E-state index in [0.717, 1.165) is 22.2 Å². The number of amides is 2. The van der Waals surface area contributed by atoms with Gasteiger partial charge in [0.2, 0.25) is 0 Å². The Kier molecular flexibility index (Phi) is 4.94. The molecule has 0 aromatic heterocycles. The van der Waals surface area contributed by atoms with Crippen molar-refractivity contribution in [2.45, 2.75) is 6.54 Å². The van der Waals surface area contributed by atoms with Gasteiger partial charge >= 0.3 is 0 Å². The first kappa shape index (κ1) is 17.0. The van der Waals surface area contributed by atoms with Crippen LogP contribution < -0.4 is 0 Å².